The van der Waals surface area contributed by atoms with Crippen LogP contribution in [0, 0.1) is 0 Å². The van der Waals surface area contributed by atoms with Gasteiger partial charge in [-0.15, -0.1) is 0 Å². The Kier molecular flexibility index (Phi) is 4.42. The average molecular weight is 312 g/mol. The number of halogens is 1. The first-order valence-corrected chi connectivity index (χ1v) is 7.58. The molecule has 0 aliphatic carbocycles. The molecule has 0 atom stereocenters. The molecule has 2 rings (SSSR count). The summed E-state index contributed by atoms with van der Waals surface area (Å²) in [6, 6.07) is 0. The zero-order chi connectivity index (χ0) is 15.8. The second kappa shape index (κ2) is 5.79. The molecule has 1 aromatic heterocycles. The van der Waals surface area contributed by atoms with Crippen LogP contribution in [0.15, 0.2) is 0 Å². The van der Waals surface area contributed by atoms with Crippen molar-refractivity contribution in [3.05, 3.63) is 22.2 Å². The molecule has 116 valence electrons. The van der Waals surface area contributed by atoms with Crippen molar-refractivity contribution in [2.75, 3.05) is 6.54 Å². The minimum Gasteiger partial charge on any atom is -0.444 e. The van der Waals surface area contributed by atoms with Crippen molar-refractivity contribution in [3.8, 4) is 0 Å². The van der Waals surface area contributed by atoms with E-state index in [9.17, 15) is 4.79 Å². The topological polar surface area (TPSA) is 55.3 Å². The van der Waals surface area contributed by atoms with Gasteiger partial charge in [-0.05, 0) is 27.2 Å². The zero-order valence-corrected chi connectivity index (χ0v) is 14.0. The van der Waals surface area contributed by atoms with E-state index >= 15 is 0 Å². The van der Waals surface area contributed by atoms with Crippen LogP contribution in [0.2, 0.25) is 5.15 Å². The van der Waals surface area contributed by atoms with Gasteiger partial charge >= 0.3 is 6.09 Å². The lowest BCUT2D eigenvalue weighted by atomic mass is 10.1. The molecule has 21 heavy (non-hydrogen) atoms. The molecule has 0 unspecified atom stereocenters. The van der Waals surface area contributed by atoms with E-state index in [1.54, 1.807) is 4.90 Å². The summed E-state index contributed by atoms with van der Waals surface area (Å²) in [5.74, 6) is 0.912. The van der Waals surface area contributed by atoms with Crippen LogP contribution in [-0.2, 0) is 17.7 Å². The van der Waals surface area contributed by atoms with Crippen LogP contribution < -0.4 is 0 Å². The molecule has 1 amide bonds. The van der Waals surface area contributed by atoms with E-state index in [0.717, 1.165) is 11.3 Å². The number of amides is 1. The highest BCUT2D eigenvalue weighted by Crippen LogP contribution is 2.26. The maximum Gasteiger partial charge on any atom is 0.410 e. The quantitative estimate of drug-likeness (QED) is 0.744. The second-order valence-corrected chi connectivity index (χ2v) is 6.96. The van der Waals surface area contributed by atoms with Crippen LogP contribution in [0.1, 0.15) is 57.6 Å². The Morgan fingerprint density at radius 3 is 2.57 bits per heavy atom. The molecule has 1 aromatic rings. The van der Waals surface area contributed by atoms with Gasteiger partial charge in [0.25, 0.3) is 0 Å². The summed E-state index contributed by atoms with van der Waals surface area (Å²) in [4.78, 5) is 22.7. The number of carbonyl (C=O) groups is 1. The molecule has 0 radical (unpaired) electrons. The fraction of sp³-hybridized carbons (Fsp3) is 0.667. The molecule has 0 spiro atoms. The molecule has 0 saturated carbocycles. The number of carbonyl (C=O) groups excluding carboxylic acids is 1. The van der Waals surface area contributed by atoms with Gasteiger partial charge in [-0.1, -0.05) is 25.4 Å². The van der Waals surface area contributed by atoms with Crippen molar-refractivity contribution >= 4 is 17.7 Å². The van der Waals surface area contributed by atoms with E-state index in [-0.39, 0.29) is 12.0 Å². The Balaban J connectivity index is 2.21. The van der Waals surface area contributed by atoms with Crippen LogP contribution in [0.5, 0.6) is 0 Å². The van der Waals surface area contributed by atoms with Crippen molar-refractivity contribution < 1.29 is 9.53 Å². The fourth-order valence-electron chi connectivity index (χ4n) is 2.14. The van der Waals surface area contributed by atoms with E-state index < -0.39 is 5.60 Å². The lowest BCUT2D eigenvalue weighted by Crippen LogP contribution is -2.40. The van der Waals surface area contributed by atoms with Gasteiger partial charge in [-0.2, -0.15) is 0 Å². The first-order chi connectivity index (χ1) is 9.67. The lowest BCUT2D eigenvalue weighted by molar-refractivity contribution is 0.0220. The van der Waals surface area contributed by atoms with E-state index in [2.05, 4.69) is 9.97 Å². The minimum atomic E-state index is -0.496. The van der Waals surface area contributed by atoms with E-state index in [0.29, 0.717) is 30.5 Å². The largest absolute Gasteiger partial charge is 0.444 e. The molecule has 0 aromatic carbocycles. The fourth-order valence-corrected chi connectivity index (χ4v) is 2.43. The van der Waals surface area contributed by atoms with Crippen molar-refractivity contribution in [2.24, 2.45) is 0 Å². The first kappa shape index (κ1) is 16.0. The van der Waals surface area contributed by atoms with Crippen molar-refractivity contribution in [1.82, 2.24) is 14.9 Å². The van der Waals surface area contributed by atoms with E-state index in [1.165, 1.54) is 0 Å². The van der Waals surface area contributed by atoms with Gasteiger partial charge in [0.05, 0.1) is 12.2 Å². The summed E-state index contributed by atoms with van der Waals surface area (Å²) in [5.41, 5.74) is 1.28. The van der Waals surface area contributed by atoms with Crippen LogP contribution >= 0.6 is 11.6 Å². The van der Waals surface area contributed by atoms with Gasteiger partial charge in [0.2, 0.25) is 0 Å². The van der Waals surface area contributed by atoms with Crippen molar-refractivity contribution in [3.63, 3.8) is 0 Å². The summed E-state index contributed by atoms with van der Waals surface area (Å²) in [5, 5.41) is 0.507. The lowest BCUT2D eigenvalue weighted by Gasteiger charge is -2.31. The van der Waals surface area contributed by atoms with Crippen LogP contribution in [0.3, 0.4) is 0 Å². The number of fused-ring (bicyclic) bond motifs is 1. The number of hydrogen-bond donors (Lipinski definition) is 0. The van der Waals surface area contributed by atoms with Gasteiger partial charge in [0.1, 0.15) is 16.6 Å². The maximum atomic E-state index is 12.2. The summed E-state index contributed by atoms with van der Waals surface area (Å²) in [6.07, 6.45) is 0.347. The van der Waals surface area contributed by atoms with Gasteiger partial charge in [-0.25, -0.2) is 14.8 Å². The molecule has 0 bridgehead atoms. The second-order valence-electron chi connectivity index (χ2n) is 6.60. The Morgan fingerprint density at radius 1 is 1.33 bits per heavy atom. The Bertz CT molecular complexity index is 553. The zero-order valence-electron chi connectivity index (χ0n) is 13.2. The minimum absolute atomic E-state index is 0.199. The molecule has 1 aliphatic rings. The predicted molar refractivity (Wildman–Crippen MR) is 81.5 cm³/mol. The molecular weight excluding hydrogens is 290 g/mol. The Labute approximate surface area is 130 Å². The third-order valence-corrected chi connectivity index (χ3v) is 3.51. The third-order valence-electron chi connectivity index (χ3n) is 3.20. The molecule has 5 nitrogen and oxygen atoms in total. The first-order valence-electron chi connectivity index (χ1n) is 7.20. The number of aromatic nitrogens is 2. The maximum absolute atomic E-state index is 12.2. The van der Waals surface area contributed by atoms with E-state index in [1.807, 2.05) is 34.6 Å². The average Bonchev–Trinajstić information content (AvgIpc) is 2.35. The standard InChI is InChI=1S/C15H22ClN3O2/c1-9(2)13-17-11-8-19(14(20)21-15(3,4)5)7-6-10(11)12(16)18-13/h9H,6-8H2,1-5H3. The van der Waals surface area contributed by atoms with Crippen LogP contribution in [0.4, 0.5) is 4.79 Å². The summed E-state index contributed by atoms with van der Waals surface area (Å²) in [7, 11) is 0. The highest BCUT2D eigenvalue weighted by molar-refractivity contribution is 6.30. The SMILES string of the molecule is CC(C)c1nc(Cl)c2c(n1)CN(C(=O)OC(C)(C)C)CC2. The van der Waals surface area contributed by atoms with Crippen LogP contribution in [-0.4, -0.2) is 33.1 Å². The normalized spacial score (nSPS) is 15.1. The van der Waals surface area contributed by atoms with Gasteiger partial charge in [0, 0.05) is 18.0 Å². The molecular formula is C15H22ClN3O2. The number of rotatable bonds is 1. The summed E-state index contributed by atoms with van der Waals surface area (Å²) in [6.45, 7) is 10.6. The van der Waals surface area contributed by atoms with Crippen LogP contribution in [0.25, 0.3) is 0 Å². The van der Waals surface area contributed by atoms with Crippen molar-refractivity contribution in [1.29, 1.82) is 0 Å². The number of nitrogens with zero attached hydrogens (tertiary/aromatic N) is 3. The number of ether oxygens (including phenoxy) is 1. The van der Waals surface area contributed by atoms with Gasteiger partial charge in [-0.3, -0.25) is 0 Å². The number of hydrogen-bond acceptors (Lipinski definition) is 4. The highest BCUT2D eigenvalue weighted by Gasteiger charge is 2.28. The summed E-state index contributed by atoms with van der Waals surface area (Å²) < 4.78 is 5.41. The molecule has 2 heterocycles. The smallest absolute Gasteiger partial charge is 0.410 e. The van der Waals surface area contributed by atoms with Gasteiger partial charge < -0.3 is 9.64 Å². The monoisotopic (exact) mass is 311 g/mol. The molecule has 0 saturated heterocycles. The van der Waals surface area contributed by atoms with E-state index in [4.69, 9.17) is 16.3 Å². The van der Waals surface area contributed by atoms with Crippen molar-refractivity contribution in [2.45, 2.75) is 59.1 Å². The highest BCUT2D eigenvalue weighted by atomic mass is 35.5. The molecule has 0 fully saturated rings. The third kappa shape index (κ3) is 3.84. The Hall–Kier alpha value is -1.36. The van der Waals surface area contributed by atoms with Gasteiger partial charge in [0.15, 0.2) is 0 Å². The predicted octanol–water partition coefficient (Wildman–Crippen LogP) is 3.55. The molecule has 0 N–H and O–H groups in total. The molecule has 1 aliphatic heterocycles. The summed E-state index contributed by atoms with van der Waals surface area (Å²) >= 11 is 6.24. The Morgan fingerprint density at radius 2 is 2.00 bits per heavy atom. The molecule has 6 heteroatoms.